The molecule has 144 valence electrons. The van der Waals surface area contributed by atoms with Crippen LogP contribution in [0.25, 0.3) is 0 Å². The molecular formula is C25H25N2OP+2. The van der Waals surface area contributed by atoms with Crippen LogP contribution >= 0.6 is 7.26 Å². The zero-order valence-corrected chi connectivity index (χ0v) is 17.2. The van der Waals surface area contributed by atoms with Gasteiger partial charge < -0.3 is 5.11 Å². The Morgan fingerprint density at radius 2 is 1.21 bits per heavy atom. The van der Waals surface area contributed by atoms with Gasteiger partial charge in [0.15, 0.2) is 19.1 Å². The van der Waals surface area contributed by atoms with Crippen LogP contribution < -0.4 is 21.6 Å². The molecule has 3 aromatic rings. The van der Waals surface area contributed by atoms with Crippen molar-refractivity contribution in [3.05, 3.63) is 102 Å². The van der Waals surface area contributed by atoms with Gasteiger partial charge in [-0.25, -0.2) is 4.58 Å². The normalized spacial score (nSPS) is 19.0. The first-order chi connectivity index (χ1) is 14.2. The van der Waals surface area contributed by atoms with Gasteiger partial charge in [-0.15, -0.1) is 0 Å². The van der Waals surface area contributed by atoms with Gasteiger partial charge in [0.1, 0.15) is 15.9 Å². The van der Waals surface area contributed by atoms with E-state index in [1.54, 1.807) is 0 Å². The van der Waals surface area contributed by atoms with Gasteiger partial charge >= 0.3 is 5.84 Å². The zero-order chi connectivity index (χ0) is 19.8. The first-order valence-electron chi connectivity index (χ1n) is 10.1. The summed E-state index contributed by atoms with van der Waals surface area (Å²) in [5.74, 6) is 1.21. The molecule has 2 heterocycles. The molecule has 1 atom stereocenters. The molecule has 0 bridgehead atoms. The maximum absolute atomic E-state index is 11.5. The molecule has 0 saturated carbocycles. The molecule has 1 fully saturated rings. The smallest absolute Gasteiger partial charge is 0.316 e. The van der Waals surface area contributed by atoms with E-state index in [2.05, 4.69) is 77.4 Å². The Bertz CT molecular complexity index is 995. The van der Waals surface area contributed by atoms with Crippen molar-refractivity contribution in [1.82, 2.24) is 0 Å². The summed E-state index contributed by atoms with van der Waals surface area (Å²) in [6.45, 7) is 0.905. The third kappa shape index (κ3) is 2.65. The van der Waals surface area contributed by atoms with E-state index in [0.29, 0.717) is 5.76 Å². The zero-order valence-electron chi connectivity index (χ0n) is 16.3. The predicted molar refractivity (Wildman–Crippen MR) is 122 cm³/mol. The third-order valence-corrected chi connectivity index (χ3v) is 10.5. The molecule has 0 radical (unpaired) electrons. The average Bonchev–Trinajstić information content (AvgIpc) is 3.36. The van der Waals surface area contributed by atoms with Crippen molar-refractivity contribution in [3.8, 4) is 0 Å². The molecular weight excluding hydrogens is 375 g/mol. The lowest BCUT2D eigenvalue weighted by molar-refractivity contribution is -0.534. The van der Waals surface area contributed by atoms with Crippen LogP contribution in [0.4, 0.5) is 0 Å². The molecule has 2 aliphatic heterocycles. The van der Waals surface area contributed by atoms with E-state index in [9.17, 15) is 5.11 Å². The van der Waals surface area contributed by atoms with Gasteiger partial charge in [-0.05, 0) is 49.2 Å². The monoisotopic (exact) mass is 400 g/mol. The highest BCUT2D eigenvalue weighted by Gasteiger charge is 2.59. The molecule has 4 heteroatoms. The van der Waals surface area contributed by atoms with Crippen molar-refractivity contribution in [2.75, 3.05) is 6.54 Å². The Balaban J connectivity index is 1.92. The van der Waals surface area contributed by atoms with Gasteiger partial charge in [0, 0.05) is 0 Å². The molecule has 0 unspecified atom stereocenters. The summed E-state index contributed by atoms with van der Waals surface area (Å²) < 4.78 is 2.20. The molecule has 1 saturated heterocycles. The Hall–Kier alpha value is -2.90. The summed E-state index contributed by atoms with van der Waals surface area (Å²) in [7, 11) is -2.34. The molecule has 0 aromatic heterocycles. The number of rotatable bonds is 4. The highest BCUT2D eigenvalue weighted by atomic mass is 31.2. The standard InChI is InChI=1S/C25H23N2OP/c26-25-24(23(28)22-17-10-18-27(22)25)29(19-11-4-1-5-12-19,20-13-6-2-7-14-20)21-15-8-3-9-16-21/h1-9,11-16,22H,10,17-18H2,(H-,26,28)/p+2/t22-/m1/s1. The van der Waals surface area contributed by atoms with Gasteiger partial charge in [-0.2, -0.15) is 0 Å². The van der Waals surface area contributed by atoms with Crippen molar-refractivity contribution in [3.63, 3.8) is 0 Å². The maximum atomic E-state index is 11.5. The average molecular weight is 400 g/mol. The molecule has 0 aliphatic carbocycles. The quantitative estimate of drug-likeness (QED) is 0.522. The van der Waals surface area contributed by atoms with E-state index in [4.69, 9.17) is 5.73 Å². The number of fused-ring (bicyclic) bond motifs is 1. The molecule has 5 rings (SSSR count). The molecule has 0 amide bonds. The highest BCUT2D eigenvalue weighted by molar-refractivity contribution is 7.99. The Morgan fingerprint density at radius 3 is 1.62 bits per heavy atom. The van der Waals surface area contributed by atoms with Crippen LogP contribution in [-0.4, -0.2) is 28.1 Å². The molecule has 3 nitrogen and oxygen atoms in total. The minimum atomic E-state index is -2.34. The first-order valence-corrected chi connectivity index (χ1v) is 11.9. The van der Waals surface area contributed by atoms with Crippen LogP contribution in [-0.2, 0) is 0 Å². The van der Waals surface area contributed by atoms with E-state index < -0.39 is 7.26 Å². The molecule has 2 aliphatic rings. The fraction of sp³-hybridized carbons (Fsp3) is 0.160. The number of hydrogen-bond acceptors (Lipinski definition) is 2. The van der Waals surface area contributed by atoms with E-state index in [-0.39, 0.29) is 6.04 Å². The fourth-order valence-electron chi connectivity index (χ4n) is 4.90. The predicted octanol–water partition coefficient (Wildman–Crippen LogP) is 3.30. The van der Waals surface area contributed by atoms with Crippen molar-refractivity contribution in [2.24, 2.45) is 5.73 Å². The Kier molecular flexibility index (Phi) is 4.49. The van der Waals surface area contributed by atoms with Crippen LogP contribution in [0.15, 0.2) is 102 Å². The van der Waals surface area contributed by atoms with Crippen LogP contribution in [0.1, 0.15) is 12.8 Å². The van der Waals surface area contributed by atoms with Gasteiger partial charge in [-0.1, -0.05) is 54.6 Å². The van der Waals surface area contributed by atoms with Gasteiger partial charge in [-0.3, -0.25) is 5.73 Å². The minimum Gasteiger partial charge on any atom is -0.505 e. The van der Waals surface area contributed by atoms with Crippen molar-refractivity contribution in [2.45, 2.75) is 18.9 Å². The number of nitrogens with zero attached hydrogens (tertiary/aromatic N) is 1. The molecule has 3 aromatic carbocycles. The lowest BCUT2D eigenvalue weighted by Crippen LogP contribution is -2.37. The van der Waals surface area contributed by atoms with E-state index in [1.807, 2.05) is 18.2 Å². The van der Waals surface area contributed by atoms with E-state index >= 15 is 0 Å². The highest BCUT2D eigenvalue weighted by Crippen LogP contribution is 2.64. The molecule has 3 N–H and O–H groups in total. The maximum Gasteiger partial charge on any atom is 0.316 e. The minimum absolute atomic E-state index is 0.0144. The van der Waals surface area contributed by atoms with Crippen molar-refractivity contribution < 1.29 is 9.68 Å². The van der Waals surface area contributed by atoms with E-state index in [1.165, 1.54) is 15.9 Å². The van der Waals surface area contributed by atoms with Crippen molar-refractivity contribution in [1.29, 1.82) is 0 Å². The Morgan fingerprint density at radius 1 is 0.759 bits per heavy atom. The Labute approximate surface area is 172 Å². The lowest BCUT2D eigenvalue weighted by atomic mass is 10.2. The van der Waals surface area contributed by atoms with Gasteiger partial charge in [0.05, 0.1) is 6.54 Å². The summed E-state index contributed by atoms with van der Waals surface area (Å²) in [5, 5.41) is 16.1. The van der Waals surface area contributed by atoms with Crippen LogP contribution in [0.3, 0.4) is 0 Å². The largest absolute Gasteiger partial charge is 0.505 e. The first kappa shape index (κ1) is 18.1. The fourth-order valence-corrected chi connectivity index (χ4v) is 9.39. The number of aliphatic hydroxyl groups excluding tert-OH is 1. The van der Waals surface area contributed by atoms with Gasteiger partial charge in [0.25, 0.3) is 0 Å². The lowest BCUT2D eigenvalue weighted by Gasteiger charge is -2.27. The number of hydrogen-bond donors (Lipinski definition) is 2. The SMILES string of the molecule is NC1=[N+]2CCC[C@@H]2C(O)=C1[P+](c1ccccc1)(c1ccccc1)c1ccccc1. The van der Waals surface area contributed by atoms with Gasteiger partial charge in [0.2, 0.25) is 5.31 Å². The summed E-state index contributed by atoms with van der Waals surface area (Å²) >= 11 is 0. The van der Waals surface area contributed by atoms with Crippen LogP contribution in [0.5, 0.6) is 0 Å². The van der Waals surface area contributed by atoms with E-state index in [0.717, 1.165) is 30.5 Å². The molecule has 29 heavy (non-hydrogen) atoms. The number of amidine groups is 1. The third-order valence-electron chi connectivity index (χ3n) is 6.13. The van der Waals surface area contributed by atoms with Crippen LogP contribution in [0, 0.1) is 0 Å². The summed E-state index contributed by atoms with van der Waals surface area (Å²) in [6.07, 6.45) is 2.02. The molecule has 0 spiro atoms. The topological polar surface area (TPSA) is 49.3 Å². The summed E-state index contributed by atoms with van der Waals surface area (Å²) in [4.78, 5) is 0. The second-order valence-corrected chi connectivity index (χ2v) is 11.0. The second kappa shape index (κ2) is 7.17. The second-order valence-electron chi connectivity index (χ2n) is 7.65. The van der Waals surface area contributed by atoms with Crippen LogP contribution in [0.2, 0.25) is 0 Å². The summed E-state index contributed by atoms with van der Waals surface area (Å²) in [5.41, 5.74) is 6.81. The summed E-state index contributed by atoms with van der Waals surface area (Å²) in [6, 6.07) is 31.8. The number of benzene rings is 3. The number of aliphatic hydroxyl groups is 1. The van der Waals surface area contributed by atoms with Crippen molar-refractivity contribution >= 4 is 29.0 Å². The number of nitrogens with two attached hydrogens (primary N) is 1.